The number of carbonyl (C=O) groups excluding carboxylic acids is 1. The maximum absolute atomic E-state index is 11.6. The Labute approximate surface area is 111 Å². The molecule has 0 heterocycles. The highest BCUT2D eigenvalue weighted by molar-refractivity contribution is 6.30. The van der Waals surface area contributed by atoms with Crippen molar-refractivity contribution in [2.75, 3.05) is 5.32 Å². The third kappa shape index (κ3) is 3.65. The lowest BCUT2D eigenvalue weighted by Crippen LogP contribution is -2.08. The number of benzene rings is 2. The molecule has 0 unspecified atom stereocenters. The Morgan fingerprint density at radius 1 is 1.06 bits per heavy atom. The van der Waals surface area contributed by atoms with Gasteiger partial charge < -0.3 is 5.32 Å². The molecule has 0 bridgehead atoms. The molecule has 3 heteroatoms. The van der Waals surface area contributed by atoms with E-state index in [4.69, 9.17) is 11.6 Å². The second kappa shape index (κ2) is 5.90. The number of halogens is 1. The molecule has 0 spiro atoms. The molecule has 1 N–H and O–H groups in total. The number of hydrogen-bond donors (Lipinski definition) is 1. The molecule has 0 saturated heterocycles. The van der Waals surface area contributed by atoms with Gasteiger partial charge in [-0.25, -0.2) is 0 Å². The smallest absolute Gasteiger partial charge is 0.300 e. The molecular formula is C15H10ClNO. The molecule has 88 valence electrons. The van der Waals surface area contributed by atoms with Crippen LogP contribution in [0.1, 0.15) is 5.56 Å². The summed E-state index contributed by atoms with van der Waals surface area (Å²) in [5.41, 5.74) is 1.44. The zero-order valence-corrected chi connectivity index (χ0v) is 10.2. The van der Waals surface area contributed by atoms with E-state index in [0.29, 0.717) is 10.7 Å². The van der Waals surface area contributed by atoms with E-state index in [-0.39, 0.29) is 5.91 Å². The molecule has 1 amide bonds. The van der Waals surface area contributed by atoms with E-state index in [1.165, 1.54) is 0 Å². The van der Waals surface area contributed by atoms with E-state index in [1.807, 2.05) is 30.3 Å². The Bertz CT molecular complexity index is 611. The van der Waals surface area contributed by atoms with Crippen molar-refractivity contribution in [3.05, 3.63) is 65.2 Å². The van der Waals surface area contributed by atoms with Gasteiger partial charge in [0, 0.05) is 22.2 Å². The van der Waals surface area contributed by atoms with Gasteiger partial charge in [0.15, 0.2) is 0 Å². The fraction of sp³-hybridized carbons (Fsp3) is 0. The number of nitrogens with one attached hydrogen (secondary N) is 1. The van der Waals surface area contributed by atoms with Crippen LogP contribution in [0.3, 0.4) is 0 Å². The fourth-order valence-electron chi connectivity index (χ4n) is 1.38. The molecule has 18 heavy (non-hydrogen) atoms. The first-order chi connectivity index (χ1) is 8.74. The van der Waals surface area contributed by atoms with Gasteiger partial charge in [-0.05, 0) is 30.3 Å². The van der Waals surface area contributed by atoms with Crippen molar-refractivity contribution in [3.8, 4) is 11.8 Å². The number of amides is 1. The molecule has 0 aliphatic rings. The van der Waals surface area contributed by atoms with Gasteiger partial charge in [-0.15, -0.1) is 0 Å². The number of anilines is 1. The third-order valence-electron chi connectivity index (χ3n) is 2.18. The van der Waals surface area contributed by atoms with Crippen molar-refractivity contribution in [2.24, 2.45) is 0 Å². The van der Waals surface area contributed by atoms with E-state index in [0.717, 1.165) is 5.56 Å². The van der Waals surface area contributed by atoms with Crippen LogP contribution in [-0.2, 0) is 4.79 Å². The number of carbonyl (C=O) groups is 1. The molecule has 2 aromatic rings. The highest BCUT2D eigenvalue weighted by atomic mass is 35.5. The van der Waals surface area contributed by atoms with Crippen LogP contribution in [0.5, 0.6) is 0 Å². The van der Waals surface area contributed by atoms with Gasteiger partial charge >= 0.3 is 5.91 Å². The largest absolute Gasteiger partial charge is 0.315 e. The lowest BCUT2D eigenvalue weighted by atomic mass is 10.2. The summed E-state index contributed by atoms with van der Waals surface area (Å²) < 4.78 is 0. The van der Waals surface area contributed by atoms with Crippen molar-refractivity contribution < 1.29 is 4.79 Å². The van der Waals surface area contributed by atoms with Crippen LogP contribution in [0.4, 0.5) is 5.69 Å². The summed E-state index contributed by atoms with van der Waals surface area (Å²) in [6.07, 6.45) is 0. The highest BCUT2D eigenvalue weighted by Gasteiger charge is 1.98. The summed E-state index contributed by atoms with van der Waals surface area (Å²) in [5.74, 6) is 4.95. The van der Waals surface area contributed by atoms with Crippen LogP contribution in [-0.4, -0.2) is 5.91 Å². The maximum Gasteiger partial charge on any atom is 0.300 e. The molecule has 0 aliphatic heterocycles. The Kier molecular flexibility index (Phi) is 4.01. The summed E-state index contributed by atoms with van der Waals surface area (Å²) in [5, 5.41) is 3.23. The van der Waals surface area contributed by atoms with Crippen LogP contribution in [0.25, 0.3) is 0 Å². The molecule has 0 fully saturated rings. The normalized spacial score (nSPS) is 9.17. The van der Waals surface area contributed by atoms with Gasteiger partial charge in [0.1, 0.15) is 0 Å². The Balaban J connectivity index is 2.04. The molecule has 2 nitrogen and oxygen atoms in total. The van der Waals surface area contributed by atoms with Crippen LogP contribution < -0.4 is 5.32 Å². The van der Waals surface area contributed by atoms with Gasteiger partial charge in [0.25, 0.3) is 0 Å². The molecule has 0 atom stereocenters. The van der Waals surface area contributed by atoms with Gasteiger partial charge in [-0.1, -0.05) is 41.8 Å². The van der Waals surface area contributed by atoms with Crippen molar-refractivity contribution in [3.63, 3.8) is 0 Å². The van der Waals surface area contributed by atoms with Gasteiger partial charge in [-0.3, -0.25) is 4.79 Å². The van der Waals surface area contributed by atoms with Gasteiger partial charge in [0.2, 0.25) is 0 Å². The first-order valence-electron chi connectivity index (χ1n) is 5.38. The topological polar surface area (TPSA) is 29.1 Å². The minimum Gasteiger partial charge on any atom is -0.315 e. The van der Waals surface area contributed by atoms with Crippen molar-refractivity contribution in [2.45, 2.75) is 0 Å². The van der Waals surface area contributed by atoms with E-state index in [1.54, 1.807) is 24.3 Å². The first-order valence-corrected chi connectivity index (χ1v) is 5.75. The SMILES string of the molecule is O=C(C#Cc1ccccc1)Nc1cccc(Cl)c1. The molecular weight excluding hydrogens is 246 g/mol. The zero-order chi connectivity index (χ0) is 12.8. The second-order valence-corrected chi connectivity index (χ2v) is 4.02. The average Bonchev–Trinajstić information content (AvgIpc) is 2.38. The summed E-state index contributed by atoms with van der Waals surface area (Å²) in [6, 6.07) is 16.3. The number of hydrogen-bond acceptors (Lipinski definition) is 1. The van der Waals surface area contributed by atoms with Crippen LogP contribution >= 0.6 is 11.6 Å². The minimum atomic E-state index is -0.360. The lowest BCUT2D eigenvalue weighted by molar-refractivity contribution is -0.111. The molecule has 0 aromatic heterocycles. The van der Waals surface area contributed by atoms with E-state index in [2.05, 4.69) is 17.2 Å². The Hall–Kier alpha value is -2.24. The van der Waals surface area contributed by atoms with Crippen molar-refractivity contribution >= 4 is 23.2 Å². The second-order valence-electron chi connectivity index (χ2n) is 3.58. The highest BCUT2D eigenvalue weighted by Crippen LogP contribution is 2.14. The standard InChI is InChI=1S/C15H10ClNO/c16-13-7-4-8-14(11-13)17-15(18)10-9-12-5-2-1-3-6-12/h1-8,11H,(H,17,18). The van der Waals surface area contributed by atoms with Gasteiger partial charge in [-0.2, -0.15) is 0 Å². The summed E-state index contributed by atoms with van der Waals surface area (Å²) in [6.45, 7) is 0. The molecule has 0 radical (unpaired) electrons. The van der Waals surface area contributed by atoms with E-state index in [9.17, 15) is 4.79 Å². The molecule has 0 aliphatic carbocycles. The quantitative estimate of drug-likeness (QED) is 0.778. The summed E-state index contributed by atoms with van der Waals surface area (Å²) in [4.78, 5) is 11.6. The third-order valence-corrected chi connectivity index (χ3v) is 2.41. The zero-order valence-electron chi connectivity index (χ0n) is 9.48. The first kappa shape index (κ1) is 12.2. The van der Waals surface area contributed by atoms with Gasteiger partial charge in [0.05, 0.1) is 0 Å². The van der Waals surface area contributed by atoms with E-state index >= 15 is 0 Å². The van der Waals surface area contributed by atoms with Crippen molar-refractivity contribution in [1.82, 2.24) is 0 Å². The van der Waals surface area contributed by atoms with Crippen molar-refractivity contribution in [1.29, 1.82) is 0 Å². The Morgan fingerprint density at radius 3 is 2.56 bits per heavy atom. The molecule has 2 rings (SSSR count). The molecule has 2 aromatic carbocycles. The Morgan fingerprint density at radius 2 is 1.83 bits per heavy atom. The summed E-state index contributed by atoms with van der Waals surface area (Å²) >= 11 is 5.81. The number of rotatable bonds is 1. The monoisotopic (exact) mass is 255 g/mol. The molecule has 0 saturated carbocycles. The lowest BCUT2D eigenvalue weighted by Gasteiger charge is -2.00. The fourth-order valence-corrected chi connectivity index (χ4v) is 1.57. The predicted molar refractivity (Wildman–Crippen MR) is 73.4 cm³/mol. The van der Waals surface area contributed by atoms with Crippen LogP contribution in [0.15, 0.2) is 54.6 Å². The van der Waals surface area contributed by atoms with Crippen LogP contribution in [0.2, 0.25) is 5.02 Å². The van der Waals surface area contributed by atoms with Crippen LogP contribution in [0, 0.1) is 11.8 Å². The maximum atomic E-state index is 11.6. The average molecular weight is 256 g/mol. The minimum absolute atomic E-state index is 0.360. The van der Waals surface area contributed by atoms with E-state index < -0.39 is 0 Å². The predicted octanol–water partition coefficient (Wildman–Crippen LogP) is 3.33. The summed E-state index contributed by atoms with van der Waals surface area (Å²) in [7, 11) is 0.